The van der Waals surface area contributed by atoms with Gasteiger partial charge in [-0.2, -0.15) is 12.6 Å². The van der Waals surface area contributed by atoms with Gasteiger partial charge >= 0.3 is 12.1 Å². The van der Waals surface area contributed by atoms with Crippen molar-refractivity contribution in [2.45, 2.75) is 19.4 Å². The highest BCUT2D eigenvalue weighted by Crippen LogP contribution is 2.35. The van der Waals surface area contributed by atoms with Crippen LogP contribution in [0.1, 0.15) is 25.0 Å². The molecule has 10 heteroatoms. The minimum absolute atomic E-state index is 0.0462. The Labute approximate surface area is 183 Å². The van der Waals surface area contributed by atoms with Crippen LogP contribution >= 0.6 is 12.6 Å². The molecule has 1 aliphatic heterocycles. The maximum absolute atomic E-state index is 13.9. The van der Waals surface area contributed by atoms with Crippen LogP contribution in [-0.4, -0.2) is 36.3 Å². The van der Waals surface area contributed by atoms with E-state index < -0.39 is 29.7 Å². The summed E-state index contributed by atoms with van der Waals surface area (Å²) in [5.41, 5.74) is 0.782. The molecule has 0 fully saturated rings. The molecule has 0 saturated heterocycles. The second kappa shape index (κ2) is 10.3. The van der Waals surface area contributed by atoms with Crippen LogP contribution in [0.4, 0.5) is 14.9 Å². The van der Waals surface area contributed by atoms with Crippen molar-refractivity contribution in [3.8, 4) is 17.2 Å². The van der Waals surface area contributed by atoms with Crippen molar-refractivity contribution in [2.24, 2.45) is 5.92 Å². The summed E-state index contributed by atoms with van der Waals surface area (Å²) >= 11 is 3.84. The molecule has 0 bridgehead atoms. The molecule has 0 saturated carbocycles. The van der Waals surface area contributed by atoms with Crippen molar-refractivity contribution in [3.63, 3.8) is 0 Å². The number of esters is 1. The summed E-state index contributed by atoms with van der Waals surface area (Å²) in [6.07, 6.45) is -1.28. The molecule has 1 aliphatic rings. The molecule has 0 radical (unpaired) electrons. The highest BCUT2D eigenvalue weighted by molar-refractivity contribution is 7.81. The van der Waals surface area contributed by atoms with Crippen LogP contribution in [0.2, 0.25) is 0 Å². The number of phenols is 1. The van der Waals surface area contributed by atoms with Gasteiger partial charge in [0.25, 0.3) is 0 Å². The summed E-state index contributed by atoms with van der Waals surface area (Å²) in [6, 6.07) is 8.63. The number of rotatable bonds is 8. The second-order valence-corrected chi connectivity index (χ2v) is 7.19. The number of amides is 1. The van der Waals surface area contributed by atoms with E-state index in [-0.39, 0.29) is 25.1 Å². The van der Waals surface area contributed by atoms with Gasteiger partial charge in [0.1, 0.15) is 6.10 Å². The van der Waals surface area contributed by atoms with Gasteiger partial charge in [0.2, 0.25) is 6.79 Å². The van der Waals surface area contributed by atoms with Crippen LogP contribution in [0.15, 0.2) is 36.4 Å². The maximum Gasteiger partial charge on any atom is 0.412 e. The van der Waals surface area contributed by atoms with Gasteiger partial charge in [0, 0.05) is 17.7 Å². The number of phenolic OH excluding ortho intramolecular Hbond substituents is 1. The molecule has 1 amide bonds. The topological polar surface area (TPSA) is 103 Å². The number of thiol groups is 1. The summed E-state index contributed by atoms with van der Waals surface area (Å²) in [7, 11) is 0. The minimum Gasteiger partial charge on any atom is -0.505 e. The van der Waals surface area contributed by atoms with Gasteiger partial charge in [-0.05, 0) is 36.2 Å². The number of anilines is 1. The molecule has 0 unspecified atom stereocenters. The predicted molar refractivity (Wildman–Crippen MR) is 112 cm³/mol. The number of hydrogen-bond acceptors (Lipinski definition) is 8. The van der Waals surface area contributed by atoms with Gasteiger partial charge in [-0.25, -0.2) is 9.18 Å². The van der Waals surface area contributed by atoms with Gasteiger partial charge in [-0.3, -0.25) is 10.1 Å². The lowest BCUT2D eigenvalue weighted by Gasteiger charge is -2.25. The maximum atomic E-state index is 13.9. The average molecular weight is 451 g/mol. The van der Waals surface area contributed by atoms with Gasteiger partial charge in [-0.1, -0.05) is 13.0 Å². The third-order valence-corrected chi connectivity index (χ3v) is 4.89. The van der Waals surface area contributed by atoms with Gasteiger partial charge < -0.3 is 24.1 Å². The van der Waals surface area contributed by atoms with Crippen LogP contribution < -0.4 is 14.8 Å². The number of ether oxygens (including phenoxy) is 4. The number of carbonyl (C=O) groups is 2. The number of fused-ring (bicyclic) bond motifs is 1. The fourth-order valence-corrected chi connectivity index (χ4v) is 3.10. The van der Waals surface area contributed by atoms with E-state index in [0.717, 1.165) is 6.07 Å². The lowest BCUT2D eigenvalue weighted by atomic mass is 9.94. The number of nitrogens with one attached hydrogen (secondary N) is 1. The molecule has 0 spiro atoms. The van der Waals surface area contributed by atoms with Crippen LogP contribution in [0.3, 0.4) is 0 Å². The summed E-state index contributed by atoms with van der Waals surface area (Å²) in [5, 5.41) is 12.1. The Balaban J connectivity index is 1.71. The molecule has 31 heavy (non-hydrogen) atoms. The zero-order valence-electron chi connectivity index (χ0n) is 16.7. The molecule has 2 aromatic rings. The molecule has 2 atom stereocenters. The summed E-state index contributed by atoms with van der Waals surface area (Å²) in [5.74, 6) is -1.13. The monoisotopic (exact) mass is 451 g/mol. The van der Waals surface area contributed by atoms with Crippen molar-refractivity contribution < 1.29 is 38.0 Å². The first-order chi connectivity index (χ1) is 14.9. The highest BCUT2D eigenvalue weighted by atomic mass is 32.1. The molecule has 8 nitrogen and oxygen atoms in total. The number of halogens is 1. The zero-order chi connectivity index (χ0) is 22.4. The van der Waals surface area contributed by atoms with Crippen LogP contribution in [0.5, 0.6) is 17.2 Å². The van der Waals surface area contributed by atoms with E-state index in [9.17, 15) is 19.1 Å². The van der Waals surface area contributed by atoms with Crippen molar-refractivity contribution in [3.05, 3.63) is 47.8 Å². The summed E-state index contributed by atoms with van der Waals surface area (Å²) in [4.78, 5) is 23.8. The number of hydrogen-bond donors (Lipinski definition) is 3. The number of aromatic hydroxyl groups is 1. The Morgan fingerprint density at radius 1 is 1.23 bits per heavy atom. The Morgan fingerprint density at radius 3 is 2.74 bits per heavy atom. The predicted octanol–water partition coefficient (Wildman–Crippen LogP) is 4.05. The minimum atomic E-state index is -0.862. The third-order valence-electron chi connectivity index (χ3n) is 4.64. The fourth-order valence-electron chi connectivity index (χ4n) is 3.01. The number of carbonyl (C=O) groups excluding carboxylic acids is 2. The lowest BCUT2D eigenvalue weighted by Crippen LogP contribution is -2.23. The van der Waals surface area contributed by atoms with E-state index in [4.69, 9.17) is 18.9 Å². The molecule has 3 rings (SSSR count). The van der Waals surface area contributed by atoms with Gasteiger partial charge in [0.05, 0.1) is 12.4 Å². The lowest BCUT2D eigenvalue weighted by molar-refractivity contribution is -0.141. The standard InChI is InChI=1S/C21H22FNO7S/c1-12(6-7-27-19(25)10-31)20(13-2-4-16(24)15(22)8-13)30-21(26)23-14-3-5-17-18(9-14)29-11-28-17/h2-5,8-9,12,20,24,31H,6-7,10-11H2,1H3,(H,23,26)/t12-,20+/m1/s1. The molecular formula is C21H22FNO7S. The number of benzene rings is 2. The van der Waals surface area contributed by atoms with E-state index in [1.807, 2.05) is 0 Å². The van der Waals surface area contributed by atoms with Gasteiger partial charge in [0.15, 0.2) is 23.1 Å². The third kappa shape index (κ3) is 5.94. The van der Waals surface area contributed by atoms with Crippen molar-refractivity contribution in [1.82, 2.24) is 0 Å². The Morgan fingerprint density at radius 2 is 2.00 bits per heavy atom. The molecular weight excluding hydrogens is 429 g/mol. The van der Waals surface area contributed by atoms with E-state index in [2.05, 4.69) is 17.9 Å². The first-order valence-corrected chi connectivity index (χ1v) is 10.1. The van der Waals surface area contributed by atoms with Crippen molar-refractivity contribution >= 4 is 30.4 Å². The first kappa shape index (κ1) is 22.5. The average Bonchev–Trinajstić information content (AvgIpc) is 3.21. The van der Waals surface area contributed by atoms with Gasteiger partial charge in [-0.15, -0.1) is 0 Å². The molecule has 2 N–H and O–H groups in total. The van der Waals surface area contributed by atoms with Crippen molar-refractivity contribution in [1.29, 1.82) is 0 Å². The molecule has 166 valence electrons. The molecule has 1 heterocycles. The quantitative estimate of drug-likeness (QED) is 0.411. The largest absolute Gasteiger partial charge is 0.505 e. The smallest absolute Gasteiger partial charge is 0.412 e. The Hall–Kier alpha value is -3.14. The molecule has 0 aromatic heterocycles. The fraction of sp³-hybridized carbons (Fsp3) is 0.333. The summed E-state index contributed by atoms with van der Waals surface area (Å²) in [6.45, 7) is 1.97. The Kier molecular flexibility index (Phi) is 7.45. The van der Waals surface area contributed by atoms with Crippen LogP contribution in [0.25, 0.3) is 0 Å². The normalized spacial score (nSPS) is 13.9. The second-order valence-electron chi connectivity index (χ2n) is 6.87. The van der Waals surface area contributed by atoms with E-state index >= 15 is 0 Å². The van der Waals surface area contributed by atoms with Crippen LogP contribution in [0, 0.1) is 11.7 Å². The van der Waals surface area contributed by atoms with E-state index in [1.165, 1.54) is 12.1 Å². The molecule has 2 aromatic carbocycles. The van der Waals surface area contributed by atoms with E-state index in [1.54, 1.807) is 25.1 Å². The van der Waals surface area contributed by atoms with Crippen molar-refractivity contribution in [2.75, 3.05) is 24.5 Å². The zero-order valence-corrected chi connectivity index (χ0v) is 17.6. The SMILES string of the molecule is C[C@H](CCOC(=O)CS)[C@H](OC(=O)Nc1ccc2c(c1)OCO2)c1ccc(O)c(F)c1. The van der Waals surface area contributed by atoms with Crippen LogP contribution in [-0.2, 0) is 14.3 Å². The Bertz CT molecular complexity index is 955. The summed E-state index contributed by atoms with van der Waals surface area (Å²) < 4.78 is 35.0. The first-order valence-electron chi connectivity index (χ1n) is 9.49. The highest BCUT2D eigenvalue weighted by Gasteiger charge is 2.25. The molecule has 0 aliphatic carbocycles. The van der Waals surface area contributed by atoms with E-state index in [0.29, 0.717) is 29.2 Å².